The van der Waals surface area contributed by atoms with Crippen LogP contribution in [0.15, 0.2) is 12.1 Å². The van der Waals surface area contributed by atoms with E-state index in [0.717, 1.165) is 43.1 Å². The number of nitrogens with zero attached hydrogens (tertiary/aromatic N) is 1. The Labute approximate surface area is 206 Å². The molecule has 0 aliphatic rings. The number of hydrogen-bond acceptors (Lipinski definition) is 5. The Morgan fingerprint density at radius 1 is 0.839 bits per heavy atom. The lowest BCUT2D eigenvalue weighted by molar-refractivity contribution is -0.870. The van der Waals surface area contributed by atoms with Crippen LogP contribution in [0.25, 0.3) is 0 Å². The summed E-state index contributed by atoms with van der Waals surface area (Å²) in [5.74, 6) is 1.13. The fourth-order valence-electron chi connectivity index (χ4n) is 3.13. The Morgan fingerprint density at radius 3 is 1.94 bits per heavy atom. The van der Waals surface area contributed by atoms with Crippen molar-refractivity contribution < 1.29 is 52.2 Å². The topological polar surface area (TPSA) is 54.0 Å². The molecule has 0 aromatic heterocycles. The minimum Gasteiger partial charge on any atom is -1.00 e. The second kappa shape index (κ2) is 16.4. The number of hydrogen-bond donors (Lipinski definition) is 0. The lowest BCUT2D eigenvalue weighted by Gasteiger charge is -2.23. The third kappa shape index (κ3) is 12.4. The van der Waals surface area contributed by atoms with E-state index in [1.54, 1.807) is 26.4 Å². The molecule has 0 heterocycles. The maximum atomic E-state index is 12.5. The molecule has 1 rings (SSSR count). The van der Waals surface area contributed by atoms with Gasteiger partial charge in [0.15, 0.2) is 11.5 Å². The van der Waals surface area contributed by atoms with Crippen molar-refractivity contribution in [3.05, 3.63) is 17.7 Å². The predicted octanol–water partition coefficient (Wildman–Crippen LogP) is 2.09. The van der Waals surface area contributed by atoms with E-state index in [1.807, 2.05) is 0 Å². The number of quaternary nitrogens is 1. The zero-order valence-corrected chi connectivity index (χ0v) is 22.5. The predicted molar refractivity (Wildman–Crippen MR) is 121 cm³/mol. The summed E-state index contributed by atoms with van der Waals surface area (Å²) in [7, 11) is 9.72. The molecule has 6 nitrogen and oxygen atoms in total. The summed E-state index contributed by atoms with van der Waals surface area (Å²) < 4.78 is 23.2. The molecular weight excluding hydrogens is 509 g/mol. The van der Waals surface area contributed by atoms with E-state index in [9.17, 15) is 4.79 Å². The Bertz CT molecular complexity index is 606. The van der Waals surface area contributed by atoms with Crippen molar-refractivity contribution in [2.24, 2.45) is 0 Å². The van der Waals surface area contributed by atoms with Gasteiger partial charge in [-0.2, -0.15) is 0 Å². The monoisotopic (exact) mass is 551 g/mol. The summed E-state index contributed by atoms with van der Waals surface area (Å²) in [4.78, 5) is 12.5. The highest BCUT2D eigenvalue weighted by Gasteiger charge is 2.18. The first-order valence-electron chi connectivity index (χ1n) is 11.2. The molecule has 0 fully saturated rings. The third-order valence-electron chi connectivity index (χ3n) is 4.90. The molecule has 7 heteroatoms. The van der Waals surface area contributed by atoms with Gasteiger partial charge in [-0.15, -0.1) is 0 Å². The molecule has 0 aliphatic carbocycles. The molecule has 0 saturated carbocycles. The van der Waals surface area contributed by atoms with Gasteiger partial charge in [0.2, 0.25) is 5.75 Å². The van der Waals surface area contributed by atoms with E-state index in [-0.39, 0.29) is 29.9 Å². The average molecular weight is 552 g/mol. The maximum Gasteiger partial charge on any atom is 0.338 e. The molecule has 0 bridgehead atoms. The number of carbonyl (C=O) groups is 1. The molecule has 0 N–H and O–H groups in total. The lowest BCUT2D eigenvalue weighted by atomic mass is 10.1. The summed E-state index contributed by atoms with van der Waals surface area (Å²) in [6.07, 6.45) is 8.74. The molecule has 0 atom stereocenters. The normalized spacial score (nSPS) is 10.9. The van der Waals surface area contributed by atoms with Crippen molar-refractivity contribution in [3.8, 4) is 17.2 Å². The number of ether oxygens (including phenoxy) is 4. The second-order valence-electron chi connectivity index (χ2n) is 8.68. The van der Waals surface area contributed by atoms with Gasteiger partial charge in [-0.3, -0.25) is 0 Å². The van der Waals surface area contributed by atoms with Crippen molar-refractivity contribution in [3.63, 3.8) is 0 Å². The SMILES string of the molecule is CCCCCCOc1c(OC)cc(C(=O)OCCCCCC[N+](C)(C)C)cc1OC.[I-]. The van der Waals surface area contributed by atoms with Crippen molar-refractivity contribution in [1.82, 2.24) is 0 Å². The summed E-state index contributed by atoms with van der Waals surface area (Å²) in [5, 5.41) is 0. The molecular formula is C24H42INO5. The zero-order chi connectivity index (χ0) is 22.4. The highest BCUT2D eigenvalue weighted by Crippen LogP contribution is 2.39. The van der Waals surface area contributed by atoms with Crippen LogP contribution in [0.4, 0.5) is 0 Å². The van der Waals surface area contributed by atoms with Crippen LogP contribution >= 0.6 is 0 Å². The smallest absolute Gasteiger partial charge is 0.338 e. The van der Waals surface area contributed by atoms with E-state index in [2.05, 4.69) is 28.1 Å². The number of esters is 1. The van der Waals surface area contributed by atoms with Crippen LogP contribution in [0.2, 0.25) is 0 Å². The molecule has 0 spiro atoms. The van der Waals surface area contributed by atoms with Gasteiger partial charge in [0.1, 0.15) is 0 Å². The molecule has 0 radical (unpaired) electrons. The Hall–Kier alpha value is -1.22. The van der Waals surface area contributed by atoms with Crippen LogP contribution in [-0.2, 0) is 4.74 Å². The van der Waals surface area contributed by atoms with Crippen LogP contribution in [0.5, 0.6) is 17.2 Å². The Kier molecular flexibility index (Phi) is 15.8. The summed E-state index contributed by atoms with van der Waals surface area (Å²) in [5.41, 5.74) is 0.409. The highest BCUT2D eigenvalue weighted by molar-refractivity contribution is 5.91. The van der Waals surface area contributed by atoms with E-state index < -0.39 is 0 Å². The van der Waals surface area contributed by atoms with Gasteiger partial charge in [0.25, 0.3) is 0 Å². The van der Waals surface area contributed by atoms with Crippen LogP contribution < -0.4 is 38.2 Å². The van der Waals surface area contributed by atoms with Gasteiger partial charge >= 0.3 is 5.97 Å². The summed E-state index contributed by atoms with van der Waals surface area (Å²) in [6.45, 7) is 4.34. The van der Waals surface area contributed by atoms with Crippen molar-refractivity contribution >= 4 is 5.97 Å². The van der Waals surface area contributed by atoms with E-state index in [0.29, 0.717) is 36.0 Å². The van der Waals surface area contributed by atoms with Crippen LogP contribution in [0.1, 0.15) is 68.6 Å². The molecule has 0 unspecified atom stereocenters. The average Bonchev–Trinajstić information content (AvgIpc) is 2.71. The number of carbonyl (C=O) groups excluding carboxylic acids is 1. The second-order valence-corrected chi connectivity index (χ2v) is 8.68. The summed E-state index contributed by atoms with van der Waals surface area (Å²) in [6, 6.07) is 3.32. The minimum absolute atomic E-state index is 0. The van der Waals surface area contributed by atoms with Gasteiger partial charge in [-0.05, 0) is 44.2 Å². The molecule has 180 valence electrons. The number of methoxy groups -OCH3 is 2. The molecule has 0 saturated heterocycles. The van der Waals surface area contributed by atoms with Gasteiger partial charge in [-0.25, -0.2) is 4.79 Å². The molecule has 0 aliphatic heterocycles. The summed E-state index contributed by atoms with van der Waals surface area (Å²) >= 11 is 0. The fourth-order valence-corrected chi connectivity index (χ4v) is 3.13. The van der Waals surface area contributed by atoms with E-state index in [4.69, 9.17) is 18.9 Å². The molecule has 1 aromatic rings. The first kappa shape index (κ1) is 29.8. The lowest BCUT2D eigenvalue weighted by Crippen LogP contribution is -3.00. The maximum absolute atomic E-state index is 12.5. The fraction of sp³-hybridized carbons (Fsp3) is 0.708. The first-order valence-corrected chi connectivity index (χ1v) is 11.2. The number of halogens is 1. The zero-order valence-electron chi connectivity index (χ0n) is 20.3. The van der Waals surface area contributed by atoms with Gasteiger partial charge in [0.05, 0.1) is 60.7 Å². The number of benzene rings is 1. The van der Waals surface area contributed by atoms with E-state index >= 15 is 0 Å². The highest BCUT2D eigenvalue weighted by atomic mass is 127. The standard InChI is InChI=1S/C24H42NO5.HI/c1-7-8-9-13-16-29-23-21(27-5)18-20(19-22(23)28-6)24(26)30-17-14-11-10-12-15-25(2,3)4;/h18-19H,7-17H2,1-6H3;1H/q+1;/p-1. The van der Waals surface area contributed by atoms with Crippen molar-refractivity contribution in [2.45, 2.75) is 58.3 Å². The van der Waals surface area contributed by atoms with Crippen LogP contribution in [0.3, 0.4) is 0 Å². The van der Waals surface area contributed by atoms with Gasteiger partial charge in [-0.1, -0.05) is 26.2 Å². The van der Waals surface area contributed by atoms with Crippen molar-refractivity contribution in [2.75, 3.05) is 55.1 Å². The molecule has 1 aromatic carbocycles. The molecule has 31 heavy (non-hydrogen) atoms. The van der Waals surface area contributed by atoms with Crippen molar-refractivity contribution in [1.29, 1.82) is 0 Å². The first-order chi connectivity index (χ1) is 14.3. The minimum atomic E-state index is -0.368. The number of rotatable bonds is 16. The Balaban J connectivity index is 0.00000900. The van der Waals surface area contributed by atoms with Gasteiger partial charge < -0.3 is 47.4 Å². The molecule has 0 amide bonds. The largest absolute Gasteiger partial charge is 1.00 e. The van der Waals surface area contributed by atoms with Crippen LogP contribution in [-0.4, -0.2) is 65.6 Å². The Morgan fingerprint density at radius 2 is 1.39 bits per heavy atom. The van der Waals surface area contributed by atoms with Gasteiger partial charge in [0, 0.05) is 0 Å². The van der Waals surface area contributed by atoms with Crippen LogP contribution in [0, 0.1) is 0 Å². The van der Waals surface area contributed by atoms with E-state index in [1.165, 1.54) is 19.3 Å². The number of unbranched alkanes of at least 4 members (excludes halogenated alkanes) is 6. The third-order valence-corrected chi connectivity index (χ3v) is 4.90. The quantitative estimate of drug-likeness (QED) is 0.136.